The predicted molar refractivity (Wildman–Crippen MR) is 133 cm³/mol. The van der Waals surface area contributed by atoms with Crippen LogP contribution in [-0.2, 0) is 33.3 Å². The van der Waals surface area contributed by atoms with E-state index in [9.17, 15) is 14.4 Å². The van der Waals surface area contributed by atoms with Gasteiger partial charge < -0.3 is 18.9 Å². The average Bonchev–Trinajstić information content (AvgIpc) is 2.86. The Morgan fingerprint density at radius 1 is 0.829 bits per heavy atom. The molecule has 2 rings (SSSR count). The number of rotatable bonds is 12. The first-order valence-electron chi connectivity index (χ1n) is 13.0. The van der Waals surface area contributed by atoms with E-state index >= 15 is 0 Å². The van der Waals surface area contributed by atoms with E-state index in [1.807, 2.05) is 13.8 Å². The van der Waals surface area contributed by atoms with E-state index < -0.39 is 12.1 Å². The maximum atomic E-state index is 12.7. The SMILES string of the molecule is C=C(C)C(=O)OCC(CCOC(=O)C1CCC(C2CCC(C(=O)OC)CC2)CC1)OC(C)C(=C)C. The summed E-state index contributed by atoms with van der Waals surface area (Å²) in [5.41, 5.74) is 1.20. The van der Waals surface area contributed by atoms with E-state index in [0.717, 1.165) is 56.9 Å². The molecule has 0 spiro atoms. The van der Waals surface area contributed by atoms with Gasteiger partial charge in [-0.25, -0.2) is 4.79 Å². The molecular formula is C28H44O7. The van der Waals surface area contributed by atoms with Gasteiger partial charge in [-0.15, -0.1) is 0 Å². The summed E-state index contributed by atoms with van der Waals surface area (Å²) >= 11 is 0. The van der Waals surface area contributed by atoms with Crippen molar-refractivity contribution < 1.29 is 33.3 Å². The summed E-state index contributed by atoms with van der Waals surface area (Å²) in [5, 5.41) is 0. The summed E-state index contributed by atoms with van der Waals surface area (Å²) in [6.45, 7) is 13.1. The molecule has 0 saturated heterocycles. The van der Waals surface area contributed by atoms with Gasteiger partial charge in [-0.05, 0) is 84.0 Å². The Morgan fingerprint density at radius 3 is 1.80 bits per heavy atom. The molecule has 0 aromatic carbocycles. The van der Waals surface area contributed by atoms with E-state index in [-0.39, 0.29) is 43.1 Å². The Labute approximate surface area is 210 Å². The molecule has 2 unspecified atom stereocenters. The van der Waals surface area contributed by atoms with Crippen LogP contribution in [-0.4, -0.2) is 50.4 Å². The second-order valence-electron chi connectivity index (χ2n) is 10.3. The minimum atomic E-state index is -0.464. The normalized spacial score (nSPS) is 26.2. The zero-order valence-electron chi connectivity index (χ0n) is 22.0. The molecule has 35 heavy (non-hydrogen) atoms. The number of esters is 3. The molecule has 0 N–H and O–H groups in total. The lowest BCUT2D eigenvalue weighted by atomic mass is 9.69. The number of hydrogen-bond donors (Lipinski definition) is 0. The lowest BCUT2D eigenvalue weighted by molar-refractivity contribution is -0.153. The number of carbonyl (C=O) groups excluding carboxylic acids is 3. The first kappa shape index (κ1) is 29.1. The van der Waals surface area contributed by atoms with E-state index in [1.54, 1.807) is 6.92 Å². The molecule has 0 aromatic rings. The van der Waals surface area contributed by atoms with Gasteiger partial charge in [-0.1, -0.05) is 18.7 Å². The van der Waals surface area contributed by atoms with Crippen LogP contribution in [0.4, 0.5) is 0 Å². The fourth-order valence-corrected chi connectivity index (χ4v) is 5.12. The third kappa shape index (κ3) is 9.43. The van der Waals surface area contributed by atoms with Gasteiger partial charge in [-0.2, -0.15) is 0 Å². The summed E-state index contributed by atoms with van der Waals surface area (Å²) in [6, 6.07) is 0. The molecule has 7 nitrogen and oxygen atoms in total. The van der Waals surface area contributed by atoms with Crippen molar-refractivity contribution in [1.82, 2.24) is 0 Å². The third-order valence-electron chi connectivity index (χ3n) is 7.60. The lowest BCUT2D eigenvalue weighted by Gasteiger charge is -2.36. The number of methoxy groups -OCH3 is 1. The van der Waals surface area contributed by atoms with Crippen LogP contribution in [0.5, 0.6) is 0 Å². The third-order valence-corrected chi connectivity index (χ3v) is 7.60. The fourth-order valence-electron chi connectivity index (χ4n) is 5.12. The lowest BCUT2D eigenvalue weighted by Crippen LogP contribution is -2.31. The topological polar surface area (TPSA) is 88.1 Å². The highest BCUT2D eigenvalue weighted by Gasteiger charge is 2.35. The Bertz CT molecular complexity index is 742. The van der Waals surface area contributed by atoms with E-state index in [0.29, 0.717) is 23.8 Å². The second-order valence-corrected chi connectivity index (χ2v) is 10.3. The molecule has 0 aliphatic heterocycles. The number of carbonyl (C=O) groups is 3. The fraction of sp³-hybridized carbons (Fsp3) is 0.750. The maximum absolute atomic E-state index is 12.7. The second kappa shape index (κ2) is 14.4. The van der Waals surface area contributed by atoms with E-state index in [4.69, 9.17) is 18.9 Å². The van der Waals surface area contributed by atoms with Gasteiger partial charge >= 0.3 is 17.9 Å². The van der Waals surface area contributed by atoms with Gasteiger partial charge in [0.25, 0.3) is 0 Å². The van der Waals surface area contributed by atoms with Crippen molar-refractivity contribution in [3.63, 3.8) is 0 Å². The summed E-state index contributed by atoms with van der Waals surface area (Å²) in [5.74, 6) is 0.568. The Balaban J connectivity index is 1.73. The largest absolute Gasteiger partial charge is 0.469 e. The first-order chi connectivity index (χ1) is 16.6. The molecule has 2 atom stereocenters. The Morgan fingerprint density at radius 2 is 1.34 bits per heavy atom. The highest BCUT2D eigenvalue weighted by Crippen LogP contribution is 2.41. The maximum Gasteiger partial charge on any atom is 0.333 e. The van der Waals surface area contributed by atoms with Gasteiger partial charge in [0.1, 0.15) is 6.61 Å². The van der Waals surface area contributed by atoms with Gasteiger partial charge in [0, 0.05) is 12.0 Å². The van der Waals surface area contributed by atoms with Gasteiger partial charge in [0.2, 0.25) is 0 Å². The molecule has 2 aliphatic rings. The molecular weight excluding hydrogens is 448 g/mol. The average molecular weight is 493 g/mol. The van der Waals surface area contributed by atoms with Crippen molar-refractivity contribution in [1.29, 1.82) is 0 Å². The molecule has 0 heterocycles. The van der Waals surface area contributed by atoms with Crippen LogP contribution in [0, 0.1) is 23.7 Å². The van der Waals surface area contributed by atoms with E-state index in [1.165, 1.54) is 7.11 Å². The minimum Gasteiger partial charge on any atom is -0.469 e. The molecule has 198 valence electrons. The van der Waals surface area contributed by atoms with Crippen molar-refractivity contribution in [3.05, 3.63) is 24.3 Å². The summed E-state index contributed by atoms with van der Waals surface area (Å²) in [7, 11) is 1.46. The van der Waals surface area contributed by atoms with Crippen LogP contribution in [0.15, 0.2) is 24.3 Å². The molecule has 0 amide bonds. The molecule has 2 saturated carbocycles. The van der Waals surface area contributed by atoms with Crippen molar-refractivity contribution in [2.45, 2.75) is 90.8 Å². The molecule has 0 radical (unpaired) electrons. The molecule has 0 aromatic heterocycles. The van der Waals surface area contributed by atoms with Crippen molar-refractivity contribution in [3.8, 4) is 0 Å². The van der Waals surface area contributed by atoms with Crippen LogP contribution >= 0.6 is 0 Å². The smallest absolute Gasteiger partial charge is 0.333 e. The first-order valence-corrected chi connectivity index (χ1v) is 13.0. The highest BCUT2D eigenvalue weighted by atomic mass is 16.6. The standard InChI is InChI=1S/C28H44O7/c1-18(2)20(5)35-25(17-34-26(29)19(3)4)15-16-33-28(31)24-13-9-22(10-14-24)21-7-11-23(12-8-21)27(30)32-6/h20-25H,1,3,7-17H2,2,4-6H3. The van der Waals surface area contributed by atoms with Gasteiger partial charge in [0.15, 0.2) is 0 Å². The zero-order chi connectivity index (χ0) is 26.0. The van der Waals surface area contributed by atoms with Crippen LogP contribution in [0.2, 0.25) is 0 Å². The highest BCUT2D eigenvalue weighted by molar-refractivity contribution is 5.86. The van der Waals surface area contributed by atoms with E-state index in [2.05, 4.69) is 13.2 Å². The molecule has 7 heteroatoms. The zero-order valence-corrected chi connectivity index (χ0v) is 22.0. The van der Waals surface area contributed by atoms with Crippen LogP contribution < -0.4 is 0 Å². The monoisotopic (exact) mass is 492 g/mol. The Kier molecular flexibility index (Phi) is 12.0. The van der Waals surface area contributed by atoms with Crippen molar-refractivity contribution >= 4 is 17.9 Å². The van der Waals surface area contributed by atoms with Crippen LogP contribution in [0.3, 0.4) is 0 Å². The minimum absolute atomic E-state index is 0.0538. The number of hydrogen-bond acceptors (Lipinski definition) is 7. The van der Waals surface area contributed by atoms with Crippen molar-refractivity contribution in [2.24, 2.45) is 23.7 Å². The molecule has 2 aliphatic carbocycles. The molecule has 0 bridgehead atoms. The molecule has 2 fully saturated rings. The van der Waals surface area contributed by atoms with Crippen LogP contribution in [0.25, 0.3) is 0 Å². The van der Waals surface area contributed by atoms with Gasteiger partial charge in [-0.3, -0.25) is 9.59 Å². The quantitative estimate of drug-likeness (QED) is 0.161. The summed E-state index contributed by atoms with van der Waals surface area (Å²) in [4.78, 5) is 36.2. The van der Waals surface area contributed by atoms with Crippen molar-refractivity contribution in [2.75, 3.05) is 20.3 Å². The van der Waals surface area contributed by atoms with Crippen LogP contribution in [0.1, 0.15) is 78.6 Å². The Hall–Kier alpha value is -2.15. The summed E-state index contributed by atoms with van der Waals surface area (Å²) in [6.07, 6.45) is 7.57. The van der Waals surface area contributed by atoms with Gasteiger partial charge in [0.05, 0.1) is 37.8 Å². The predicted octanol–water partition coefficient (Wildman–Crippen LogP) is 5.17. The summed E-state index contributed by atoms with van der Waals surface area (Å²) < 4.78 is 21.7. The number of ether oxygens (including phenoxy) is 4.